The zero-order valence-corrected chi connectivity index (χ0v) is 16.9. The van der Waals surface area contributed by atoms with Gasteiger partial charge >= 0.3 is 0 Å². The minimum atomic E-state index is -0.557. The molecule has 3 aromatic heterocycles. The molecule has 30 heavy (non-hydrogen) atoms. The SMILES string of the molecule is O=C(NCc1nc(-c2c(F)cccc2Cl)no1)c1c(-n2cnnn2)sc2c1CCC2. The van der Waals surface area contributed by atoms with E-state index in [-0.39, 0.29) is 34.8 Å². The summed E-state index contributed by atoms with van der Waals surface area (Å²) in [6, 6.07) is 4.29. The van der Waals surface area contributed by atoms with Crippen LogP contribution in [0.4, 0.5) is 4.39 Å². The zero-order valence-electron chi connectivity index (χ0n) is 15.3. The van der Waals surface area contributed by atoms with E-state index in [0.717, 1.165) is 24.8 Å². The predicted octanol–water partition coefficient (Wildman–Crippen LogP) is 2.99. The van der Waals surface area contributed by atoms with E-state index in [0.29, 0.717) is 10.6 Å². The quantitative estimate of drug-likeness (QED) is 0.502. The Kier molecular flexibility index (Phi) is 4.75. The molecule has 0 saturated carbocycles. The number of fused-ring (bicyclic) bond motifs is 1. The third-order valence-electron chi connectivity index (χ3n) is 4.74. The van der Waals surface area contributed by atoms with Crippen molar-refractivity contribution in [2.75, 3.05) is 0 Å². The number of carbonyl (C=O) groups is 1. The van der Waals surface area contributed by atoms with Crippen molar-refractivity contribution in [1.29, 1.82) is 0 Å². The molecule has 9 nitrogen and oxygen atoms in total. The van der Waals surface area contributed by atoms with Crippen molar-refractivity contribution in [1.82, 2.24) is 35.7 Å². The summed E-state index contributed by atoms with van der Waals surface area (Å²) in [5.41, 5.74) is 1.63. The van der Waals surface area contributed by atoms with Crippen molar-refractivity contribution in [3.63, 3.8) is 0 Å². The molecule has 0 unspecified atom stereocenters. The molecular weight excluding hydrogens is 433 g/mol. The minimum absolute atomic E-state index is 0.0163. The summed E-state index contributed by atoms with van der Waals surface area (Å²) in [5.74, 6) is -0.691. The van der Waals surface area contributed by atoms with Crippen molar-refractivity contribution in [2.24, 2.45) is 0 Å². The van der Waals surface area contributed by atoms with Crippen molar-refractivity contribution in [2.45, 2.75) is 25.8 Å². The molecule has 1 aliphatic rings. The second-order valence-electron chi connectivity index (χ2n) is 6.58. The lowest BCUT2D eigenvalue weighted by Crippen LogP contribution is -2.24. The van der Waals surface area contributed by atoms with Gasteiger partial charge in [0.05, 0.1) is 22.7 Å². The van der Waals surface area contributed by atoms with Gasteiger partial charge in [0.1, 0.15) is 17.1 Å². The molecule has 152 valence electrons. The number of hydrogen-bond donors (Lipinski definition) is 1. The predicted molar refractivity (Wildman–Crippen MR) is 105 cm³/mol. The number of tetrazole rings is 1. The van der Waals surface area contributed by atoms with Crippen LogP contribution >= 0.6 is 22.9 Å². The topological polar surface area (TPSA) is 112 Å². The molecule has 1 amide bonds. The number of rotatable bonds is 5. The number of nitrogens with one attached hydrogen (secondary N) is 1. The lowest BCUT2D eigenvalue weighted by atomic mass is 10.1. The highest BCUT2D eigenvalue weighted by molar-refractivity contribution is 7.15. The van der Waals surface area contributed by atoms with Gasteiger partial charge < -0.3 is 9.84 Å². The van der Waals surface area contributed by atoms with Gasteiger partial charge in [-0.1, -0.05) is 22.8 Å². The molecule has 12 heteroatoms. The normalized spacial score (nSPS) is 12.9. The van der Waals surface area contributed by atoms with Crippen molar-refractivity contribution >= 4 is 28.8 Å². The van der Waals surface area contributed by atoms with Gasteiger partial charge in [-0.25, -0.2) is 4.39 Å². The molecule has 4 aromatic rings. The molecule has 5 rings (SSSR count). The number of nitrogens with zero attached hydrogens (tertiary/aromatic N) is 6. The first kappa shape index (κ1) is 18.8. The van der Waals surface area contributed by atoms with Crippen LogP contribution < -0.4 is 5.32 Å². The van der Waals surface area contributed by atoms with Gasteiger partial charge in [0.15, 0.2) is 0 Å². The number of carbonyl (C=O) groups excluding carboxylic acids is 1. The Bertz CT molecular complexity index is 1220. The van der Waals surface area contributed by atoms with Crippen LogP contribution in [-0.2, 0) is 19.4 Å². The Labute approximate surface area is 177 Å². The van der Waals surface area contributed by atoms with E-state index in [9.17, 15) is 9.18 Å². The van der Waals surface area contributed by atoms with Crippen LogP contribution in [0.1, 0.15) is 33.1 Å². The summed E-state index contributed by atoms with van der Waals surface area (Å²) in [6.45, 7) is -0.0163. The van der Waals surface area contributed by atoms with Gasteiger partial charge in [0.2, 0.25) is 11.7 Å². The smallest absolute Gasteiger partial charge is 0.255 e. The highest BCUT2D eigenvalue weighted by Gasteiger charge is 2.28. The van der Waals surface area contributed by atoms with E-state index >= 15 is 0 Å². The lowest BCUT2D eigenvalue weighted by Gasteiger charge is -2.06. The third-order valence-corrected chi connectivity index (χ3v) is 6.34. The largest absolute Gasteiger partial charge is 0.343 e. The number of hydrogen-bond acceptors (Lipinski definition) is 8. The number of aryl methyl sites for hydroxylation is 1. The van der Waals surface area contributed by atoms with Crippen LogP contribution in [0.5, 0.6) is 0 Å². The van der Waals surface area contributed by atoms with E-state index in [4.69, 9.17) is 16.1 Å². The average molecular weight is 446 g/mol. The number of benzene rings is 1. The fraction of sp³-hybridized carbons (Fsp3) is 0.222. The summed E-state index contributed by atoms with van der Waals surface area (Å²) in [5, 5.41) is 18.6. The molecule has 3 heterocycles. The first-order valence-electron chi connectivity index (χ1n) is 9.05. The summed E-state index contributed by atoms with van der Waals surface area (Å²) in [4.78, 5) is 18.3. The molecule has 0 spiro atoms. The second kappa shape index (κ2) is 7.58. The zero-order chi connectivity index (χ0) is 20.7. The van der Waals surface area contributed by atoms with Crippen LogP contribution in [0, 0.1) is 5.82 Å². The highest BCUT2D eigenvalue weighted by atomic mass is 35.5. The fourth-order valence-electron chi connectivity index (χ4n) is 3.42. The lowest BCUT2D eigenvalue weighted by molar-refractivity contribution is 0.0945. The molecular formula is C18H13ClFN7O2S. The van der Waals surface area contributed by atoms with Crippen LogP contribution in [0.15, 0.2) is 29.0 Å². The Morgan fingerprint density at radius 3 is 3.07 bits per heavy atom. The van der Waals surface area contributed by atoms with E-state index in [1.54, 1.807) is 0 Å². The number of halogens is 2. The fourth-order valence-corrected chi connectivity index (χ4v) is 4.97. The van der Waals surface area contributed by atoms with Gasteiger partial charge in [-0.05, 0) is 47.4 Å². The molecule has 0 aliphatic heterocycles. The van der Waals surface area contributed by atoms with Crippen molar-refractivity contribution < 1.29 is 13.7 Å². The van der Waals surface area contributed by atoms with E-state index in [1.807, 2.05) is 0 Å². The number of aromatic nitrogens is 6. The number of thiophene rings is 1. The average Bonchev–Trinajstić information content (AvgIpc) is 3.49. The third kappa shape index (κ3) is 3.25. The maximum Gasteiger partial charge on any atom is 0.255 e. The Morgan fingerprint density at radius 2 is 2.27 bits per heavy atom. The summed E-state index contributed by atoms with van der Waals surface area (Å²) in [6.07, 6.45) is 4.22. The maximum atomic E-state index is 14.1. The van der Waals surface area contributed by atoms with Gasteiger partial charge in [-0.3, -0.25) is 4.79 Å². The second-order valence-corrected chi connectivity index (χ2v) is 8.07. The Morgan fingerprint density at radius 1 is 1.37 bits per heavy atom. The molecule has 0 saturated heterocycles. The summed E-state index contributed by atoms with van der Waals surface area (Å²) >= 11 is 7.55. The highest BCUT2D eigenvalue weighted by Crippen LogP contribution is 2.37. The molecule has 0 fully saturated rings. The van der Waals surface area contributed by atoms with Crippen LogP contribution in [-0.4, -0.2) is 36.3 Å². The number of amides is 1. The molecule has 1 aliphatic carbocycles. The van der Waals surface area contributed by atoms with E-state index in [2.05, 4.69) is 31.0 Å². The van der Waals surface area contributed by atoms with Crippen LogP contribution in [0.2, 0.25) is 5.02 Å². The standard InChI is InChI=1S/C18H13ClFN7O2S/c19-10-4-2-5-11(20)15(10)16-23-13(29-24-16)7-21-17(28)14-9-3-1-6-12(9)30-18(14)27-8-22-25-26-27/h2,4-5,8H,1,3,6-7H2,(H,21,28). The molecule has 0 radical (unpaired) electrons. The Balaban J connectivity index is 1.38. The Hall–Kier alpha value is -3.18. The van der Waals surface area contributed by atoms with E-state index < -0.39 is 5.82 Å². The van der Waals surface area contributed by atoms with Crippen LogP contribution in [0.3, 0.4) is 0 Å². The van der Waals surface area contributed by atoms with Crippen LogP contribution in [0.25, 0.3) is 16.4 Å². The first-order valence-corrected chi connectivity index (χ1v) is 10.2. The van der Waals surface area contributed by atoms with Gasteiger partial charge in [0.25, 0.3) is 5.91 Å². The van der Waals surface area contributed by atoms with Crippen molar-refractivity contribution in [3.8, 4) is 16.4 Å². The monoisotopic (exact) mass is 445 g/mol. The molecule has 1 N–H and O–H groups in total. The molecule has 0 bridgehead atoms. The van der Waals surface area contributed by atoms with Gasteiger partial charge in [-0.2, -0.15) is 9.67 Å². The van der Waals surface area contributed by atoms with Crippen molar-refractivity contribution in [3.05, 3.63) is 57.3 Å². The summed E-state index contributed by atoms with van der Waals surface area (Å²) in [7, 11) is 0. The minimum Gasteiger partial charge on any atom is -0.343 e. The van der Waals surface area contributed by atoms with E-state index in [1.165, 1.54) is 45.4 Å². The summed E-state index contributed by atoms with van der Waals surface area (Å²) < 4.78 is 20.7. The van der Waals surface area contributed by atoms with Gasteiger partial charge in [0, 0.05) is 4.88 Å². The first-order chi connectivity index (χ1) is 14.6. The van der Waals surface area contributed by atoms with Gasteiger partial charge in [-0.15, -0.1) is 16.4 Å². The molecule has 0 atom stereocenters. The molecule has 1 aromatic carbocycles. The maximum absolute atomic E-state index is 14.1.